The first kappa shape index (κ1) is 16.3. The quantitative estimate of drug-likeness (QED) is 0.720. The lowest BCUT2D eigenvalue weighted by Gasteiger charge is -2.18. The molecule has 2 N–H and O–H groups in total. The Morgan fingerprint density at radius 1 is 1.42 bits per heavy atom. The van der Waals surface area contributed by atoms with Crippen molar-refractivity contribution in [3.8, 4) is 5.75 Å². The van der Waals surface area contributed by atoms with Gasteiger partial charge in [0.2, 0.25) is 0 Å². The van der Waals surface area contributed by atoms with Gasteiger partial charge in [-0.2, -0.15) is 0 Å². The molecule has 19 heavy (non-hydrogen) atoms. The fourth-order valence-corrected chi connectivity index (χ4v) is 2.38. The number of thioether (sulfide) groups is 1. The van der Waals surface area contributed by atoms with Crippen LogP contribution in [0.15, 0.2) is 23.1 Å². The van der Waals surface area contributed by atoms with E-state index in [-0.39, 0.29) is 6.10 Å². The third-order valence-electron chi connectivity index (χ3n) is 3.43. The van der Waals surface area contributed by atoms with E-state index in [9.17, 15) is 5.11 Å². The number of ether oxygens (including phenoxy) is 1. The van der Waals surface area contributed by atoms with Crippen molar-refractivity contribution in [3.05, 3.63) is 23.8 Å². The van der Waals surface area contributed by atoms with Crippen molar-refractivity contribution in [3.63, 3.8) is 0 Å². The highest BCUT2D eigenvalue weighted by Gasteiger charge is 2.11. The minimum Gasteiger partial charge on any atom is -0.496 e. The second-order valence-corrected chi connectivity index (χ2v) is 5.62. The molecule has 0 aromatic heterocycles. The molecule has 0 aliphatic rings. The summed E-state index contributed by atoms with van der Waals surface area (Å²) < 4.78 is 5.36. The largest absolute Gasteiger partial charge is 0.496 e. The Hall–Kier alpha value is -0.710. The van der Waals surface area contributed by atoms with Gasteiger partial charge in [0, 0.05) is 18.0 Å². The summed E-state index contributed by atoms with van der Waals surface area (Å²) in [5, 5.41) is 13.2. The van der Waals surface area contributed by atoms with Gasteiger partial charge in [0.15, 0.2) is 0 Å². The highest BCUT2D eigenvalue weighted by molar-refractivity contribution is 7.98. The molecule has 0 heterocycles. The summed E-state index contributed by atoms with van der Waals surface area (Å²) in [6.07, 6.45) is 2.76. The van der Waals surface area contributed by atoms with Gasteiger partial charge in [0.05, 0.1) is 13.2 Å². The smallest absolute Gasteiger partial charge is 0.132 e. The third-order valence-corrected chi connectivity index (χ3v) is 4.21. The van der Waals surface area contributed by atoms with E-state index in [1.165, 1.54) is 5.56 Å². The number of benzene rings is 1. The number of nitrogens with one attached hydrogen (secondary N) is 1. The molecule has 0 saturated heterocycles. The molecule has 108 valence electrons. The fourth-order valence-electron chi connectivity index (χ4n) is 1.83. The zero-order valence-corrected chi connectivity index (χ0v) is 13.1. The molecule has 0 saturated carbocycles. The average molecular weight is 283 g/mol. The van der Waals surface area contributed by atoms with Gasteiger partial charge >= 0.3 is 0 Å². The van der Waals surface area contributed by atoms with Crippen LogP contribution in [0.5, 0.6) is 5.75 Å². The summed E-state index contributed by atoms with van der Waals surface area (Å²) in [7, 11) is 1.69. The first-order chi connectivity index (χ1) is 9.12. The molecule has 4 heteroatoms. The topological polar surface area (TPSA) is 41.5 Å². The monoisotopic (exact) mass is 283 g/mol. The molecule has 0 fully saturated rings. The summed E-state index contributed by atoms with van der Waals surface area (Å²) in [4.78, 5) is 1.14. The van der Waals surface area contributed by atoms with E-state index in [2.05, 4.69) is 37.4 Å². The lowest BCUT2D eigenvalue weighted by atomic mass is 10.0. The Labute approximate surface area is 120 Å². The molecular formula is C15H25NO2S. The number of rotatable bonds is 8. The van der Waals surface area contributed by atoms with Crippen LogP contribution in [0.25, 0.3) is 0 Å². The van der Waals surface area contributed by atoms with Gasteiger partial charge in [-0.15, -0.1) is 11.8 Å². The van der Waals surface area contributed by atoms with Crippen LogP contribution in [-0.2, 0) is 6.54 Å². The number of hydrogen-bond donors (Lipinski definition) is 2. The third kappa shape index (κ3) is 5.05. The summed E-state index contributed by atoms with van der Waals surface area (Å²) in [6, 6.07) is 6.22. The second-order valence-electron chi connectivity index (χ2n) is 4.77. The Bertz CT molecular complexity index is 384. The Kier molecular flexibility index (Phi) is 7.28. The van der Waals surface area contributed by atoms with Crippen molar-refractivity contribution in [2.24, 2.45) is 5.92 Å². The summed E-state index contributed by atoms with van der Waals surface area (Å²) in [5.41, 5.74) is 1.17. The maximum atomic E-state index is 9.89. The van der Waals surface area contributed by atoms with Crippen LogP contribution in [0.3, 0.4) is 0 Å². The first-order valence-electron chi connectivity index (χ1n) is 6.72. The zero-order valence-electron chi connectivity index (χ0n) is 12.3. The van der Waals surface area contributed by atoms with Gasteiger partial charge in [-0.05, 0) is 29.9 Å². The van der Waals surface area contributed by atoms with Crippen molar-refractivity contribution in [1.29, 1.82) is 0 Å². The minimum atomic E-state index is -0.280. The van der Waals surface area contributed by atoms with Crippen LogP contribution < -0.4 is 10.1 Å². The highest BCUT2D eigenvalue weighted by Crippen LogP contribution is 2.28. The molecule has 1 aromatic carbocycles. The number of aliphatic hydroxyl groups excluding tert-OH is 1. The molecule has 0 aliphatic heterocycles. The molecule has 1 rings (SSSR count). The molecule has 0 bridgehead atoms. The maximum Gasteiger partial charge on any atom is 0.132 e. The lowest BCUT2D eigenvalue weighted by molar-refractivity contribution is 0.113. The zero-order chi connectivity index (χ0) is 14.3. The van der Waals surface area contributed by atoms with E-state index < -0.39 is 0 Å². The van der Waals surface area contributed by atoms with Crippen LogP contribution >= 0.6 is 11.8 Å². The van der Waals surface area contributed by atoms with Gasteiger partial charge in [-0.3, -0.25) is 0 Å². The van der Waals surface area contributed by atoms with Crippen LogP contribution in [-0.4, -0.2) is 31.1 Å². The van der Waals surface area contributed by atoms with Crippen LogP contribution in [0.1, 0.15) is 25.8 Å². The fraction of sp³-hybridized carbons (Fsp3) is 0.600. The molecule has 2 atom stereocenters. The molecule has 3 nitrogen and oxygen atoms in total. The predicted octanol–water partition coefficient (Wildman–Crippen LogP) is 2.91. The Morgan fingerprint density at radius 3 is 2.74 bits per heavy atom. The van der Waals surface area contributed by atoms with Crippen molar-refractivity contribution in [2.45, 2.75) is 37.8 Å². The van der Waals surface area contributed by atoms with Gasteiger partial charge in [-0.25, -0.2) is 0 Å². The van der Waals surface area contributed by atoms with E-state index in [4.69, 9.17) is 4.74 Å². The number of methoxy groups -OCH3 is 1. The molecule has 2 unspecified atom stereocenters. The minimum absolute atomic E-state index is 0.280. The molecule has 0 spiro atoms. The summed E-state index contributed by atoms with van der Waals surface area (Å²) in [6.45, 7) is 5.54. The summed E-state index contributed by atoms with van der Waals surface area (Å²) in [5.74, 6) is 1.25. The van der Waals surface area contributed by atoms with E-state index in [1.54, 1.807) is 18.9 Å². The van der Waals surface area contributed by atoms with E-state index in [0.29, 0.717) is 12.5 Å². The predicted molar refractivity (Wildman–Crippen MR) is 81.9 cm³/mol. The lowest BCUT2D eigenvalue weighted by Crippen LogP contribution is -2.31. The average Bonchev–Trinajstić information content (AvgIpc) is 2.45. The van der Waals surface area contributed by atoms with E-state index >= 15 is 0 Å². The van der Waals surface area contributed by atoms with Gasteiger partial charge in [0.1, 0.15) is 5.75 Å². The number of aliphatic hydroxyl groups is 1. The van der Waals surface area contributed by atoms with Crippen molar-refractivity contribution in [1.82, 2.24) is 5.32 Å². The van der Waals surface area contributed by atoms with Crippen LogP contribution in [0.2, 0.25) is 0 Å². The highest BCUT2D eigenvalue weighted by atomic mass is 32.2. The first-order valence-corrected chi connectivity index (χ1v) is 7.94. The van der Waals surface area contributed by atoms with Crippen molar-refractivity contribution >= 4 is 11.8 Å². The molecule has 1 aromatic rings. The molecular weight excluding hydrogens is 258 g/mol. The Balaban J connectivity index is 2.50. The second kappa shape index (κ2) is 8.46. The molecule has 0 aliphatic carbocycles. The Morgan fingerprint density at radius 2 is 2.16 bits per heavy atom. The van der Waals surface area contributed by atoms with Gasteiger partial charge in [0.25, 0.3) is 0 Å². The van der Waals surface area contributed by atoms with Crippen LogP contribution in [0, 0.1) is 5.92 Å². The SMILES string of the molecule is CCC(C)C(O)CNCc1ccc(SC)c(OC)c1. The van der Waals surface area contributed by atoms with E-state index in [0.717, 1.165) is 23.6 Å². The summed E-state index contributed by atoms with van der Waals surface area (Å²) >= 11 is 1.68. The van der Waals surface area contributed by atoms with E-state index in [1.807, 2.05) is 6.26 Å². The normalized spacial score (nSPS) is 14.2. The van der Waals surface area contributed by atoms with Crippen molar-refractivity contribution in [2.75, 3.05) is 19.9 Å². The van der Waals surface area contributed by atoms with Crippen molar-refractivity contribution < 1.29 is 9.84 Å². The van der Waals surface area contributed by atoms with Gasteiger partial charge < -0.3 is 15.2 Å². The van der Waals surface area contributed by atoms with Gasteiger partial charge in [-0.1, -0.05) is 26.3 Å². The molecule has 0 radical (unpaired) electrons. The number of hydrogen-bond acceptors (Lipinski definition) is 4. The van der Waals surface area contributed by atoms with Crippen LogP contribution in [0.4, 0.5) is 0 Å². The standard InChI is InChI=1S/C15H25NO2S/c1-5-11(2)13(17)10-16-9-12-6-7-15(19-4)14(8-12)18-3/h6-8,11,13,16-17H,5,9-10H2,1-4H3. The maximum absolute atomic E-state index is 9.89. The molecule has 0 amide bonds.